The Balaban J connectivity index is 1.39. The molecule has 0 aliphatic carbocycles. The van der Waals surface area contributed by atoms with Gasteiger partial charge in [-0.25, -0.2) is 9.97 Å². The molecule has 3 fully saturated rings. The minimum absolute atomic E-state index is 0.0737. The van der Waals surface area contributed by atoms with Gasteiger partial charge in [-0.15, -0.1) is 0 Å². The van der Waals surface area contributed by atoms with Crippen LogP contribution >= 0.6 is 23.2 Å². The topological polar surface area (TPSA) is 61.8 Å². The van der Waals surface area contributed by atoms with E-state index in [2.05, 4.69) is 24.7 Å². The average Bonchev–Trinajstić information content (AvgIpc) is 3.37. The van der Waals surface area contributed by atoms with Crippen molar-refractivity contribution in [3.63, 3.8) is 0 Å². The normalized spacial score (nSPS) is 26.4. The number of piperazine rings is 1. The van der Waals surface area contributed by atoms with Crippen molar-refractivity contribution < 1.29 is 9.53 Å². The Hall–Kier alpha value is -1.77. The molecular formula is C24H29Cl2N5O2. The maximum atomic E-state index is 13.6. The first-order chi connectivity index (χ1) is 16.1. The SMILES string of the molecule is O=C(Cc1ccc(Cl)c(Cl)c1)N1CCN(Cc2ncccn2)[C@@H]2COCC(N3CCCC3)[C@H]21. The predicted octanol–water partition coefficient (Wildman–Crippen LogP) is 2.90. The van der Waals surface area contributed by atoms with E-state index in [0.717, 1.165) is 31.0 Å². The number of rotatable bonds is 5. The third-order valence-corrected chi connectivity index (χ3v) is 7.79. The van der Waals surface area contributed by atoms with Crippen LogP contribution in [-0.2, 0) is 22.5 Å². The summed E-state index contributed by atoms with van der Waals surface area (Å²) in [5.41, 5.74) is 0.885. The van der Waals surface area contributed by atoms with E-state index in [-0.39, 0.29) is 24.0 Å². The van der Waals surface area contributed by atoms with E-state index >= 15 is 0 Å². The number of carbonyl (C=O) groups is 1. The molecule has 7 nitrogen and oxygen atoms in total. The van der Waals surface area contributed by atoms with Gasteiger partial charge in [0.05, 0.1) is 54.4 Å². The van der Waals surface area contributed by atoms with Gasteiger partial charge in [0.25, 0.3) is 0 Å². The standard InChI is InChI=1S/C24H29Cl2N5O2/c25-18-5-4-17(12-19(18)26)13-23(32)31-11-10-30(14-22-27-6-3-7-28-22)21-16-33-15-20(24(21)31)29-8-1-2-9-29/h3-7,12,20-21,24H,1-2,8-11,13-16H2/t20?,21-,24-/m1/s1. The third-order valence-electron chi connectivity index (χ3n) is 7.06. The summed E-state index contributed by atoms with van der Waals surface area (Å²) in [5.74, 6) is 0.931. The number of hydrogen-bond donors (Lipinski definition) is 0. The fourth-order valence-corrected chi connectivity index (χ4v) is 5.77. The number of carbonyl (C=O) groups excluding carboxylic acids is 1. The summed E-state index contributed by atoms with van der Waals surface area (Å²) in [7, 11) is 0. The van der Waals surface area contributed by atoms with E-state index in [1.807, 2.05) is 12.1 Å². The van der Waals surface area contributed by atoms with Crippen LogP contribution < -0.4 is 0 Å². The van der Waals surface area contributed by atoms with E-state index in [0.29, 0.717) is 42.8 Å². The molecule has 1 unspecified atom stereocenters. The summed E-state index contributed by atoms with van der Waals surface area (Å²) in [4.78, 5) is 29.4. The lowest BCUT2D eigenvalue weighted by molar-refractivity contribution is -0.153. The zero-order valence-electron chi connectivity index (χ0n) is 18.6. The van der Waals surface area contributed by atoms with E-state index in [9.17, 15) is 4.79 Å². The Kier molecular flexibility index (Phi) is 7.13. The maximum absolute atomic E-state index is 13.6. The number of fused-ring (bicyclic) bond motifs is 1. The van der Waals surface area contributed by atoms with Crippen LogP contribution in [-0.4, -0.2) is 88.1 Å². The lowest BCUT2D eigenvalue weighted by atomic mass is 9.91. The van der Waals surface area contributed by atoms with E-state index < -0.39 is 0 Å². The van der Waals surface area contributed by atoms with Crippen molar-refractivity contribution in [1.82, 2.24) is 24.7 Å². The maximum Gasteiger partial charge on any atom is 0.227 e. The highest BCUT2D eigenvalue weighted by atomic mass is 35.5. The number of amides is 1. The molecule has 2 aromatic rings. The minimum atomic E-state index is 0.0737. The van der Waals surface area contributed by atoms with Crippen molar-refractivity contribution in [2.45, 2.75) is 43.9 Å². The van der Waals surface area contributed by atoms with E-state index in [1.54, 1.807) is 24.5 Å². The smallest absolute Gasteiger partial charge is 0.227 e. The van der Waals surface area contributed by atoms with Crippen LogP contribution in [0.3, 0.4) is 0 Å². The zero-order chi connectivity index (χ0) is 22.8. The van der Waals surface area contributed by atoms with Crippen LogP contribution in [0.15, 0.2) is 36.7 Å². The van der Waals surface area contributed by atoms with Crippen molar-refractivity contribution >= 4 is 29.1 Å². The van der Waals surface area contributed by atoms with Crippen molar-refractivity contribution in [3.05, 3.63) is 58.1 Å². The molecule has 176 valence electrons. The predicted molar refractivity (Wildman–Crippen MR) is 127 cm³/mol. The molecule has 4 heterocycles. The number of halogens is 2. The fraction of sp³-hybridized carbons (Fsp3) is 0.542. The molecule has 33 heavy (non-hydrogen) atoms. The highest BCUT2D eigenvalue weighted by Crippen LogP contribution is 2.31. The van der Waals surface area contributed by atoms with Crippen LogP contribution in [0.4, 0.5) is 0 Å². The van der Waals surface area contributed by atoms with Gasteiger partial charge in [-0.3, -0.25) is 14.6 Å². The van der Waals surface area contributed by atoms with Gasteiger partial charge >= 0.3 is 0 Å². The molecule has 9 heteroatoms. The Morgan fingerprint density at radius 2 is 1.76 bits per heavy atom. The molecule has 0 radical (unpaired) electrons. The molecule has 3 aliphatic rings. The molecule has 0 spiro atoms. The summed E-state index contributed by atoms with van der Waals surface area (Å²) >= 11 is 12.3. The quantitative estimate of drug-likeness (QED) is 0.643. The van der Waals surface area contributed by atoms with Crippen LogP contribution in [0, 0.1) is 0 Å². The van der Waals surface area contributed by atoms with Gasteiger partial charge in [-0.05, 0) is 49.7 Å². The monoisotopic (exact) mass is 489 g/mol. The molecular weight excluding hydrogens is 461 g/mol. The Bertz CT molecular complexity index is 973. The summed E-state index contributed by atoms with van der Waals surface area (Å²) in [5, 5.41) is 0.983. The molecule has 0 N–H and O–H groups in total. The number of likely N-dealkylation sites (tertiary alicyclic amines) is 1. The van der Waals surface area contributed by atoms with Gasteiger partial charge in [0, 0.05) is 25.5 Å². The number of nitrogens with zero attached hydrogens (tertiary/aromatic N) is 5. The zero-order valence-corrected chi connectivity index (χ0v) is 20.1. The van der Waals surface area contributed by atoms with Crippen LogP contribution in [0.5, 0.6) is 0 Å². The number of benzene rings is 1. The first kappa shape index (κ1) is 23.0. The van der Waals surface area contributed by atoms with Crippen molar-refractivity contribution in [3.8, 4) is 0 Å². The summed E-state index contributed by atoms with van der Waals surface area (Å²) in [6, 6.07) is 7.65. The fourth-order valence-electron chi connectivity index (χ4n) is 5.45. The van der Waals surface area contributed by atoms with Crippen molar-refractivity contribution in [2.24, 2.45) is 0 Å². The summed E-state index contributed by atoms with van der Waals surface area (Å²) in [6.45, 7) is 5.50. The second-order valence-corrected chi connectivity index (χ2v) is 9.87. The van der Waals surface area contributed by atoms with Gasteiger partial charge in [-0.1, -0.05) is 29.3 Å². The third kappa shape index (κ3) is 5.03. The van der Waals surface area contributed by atoms with Crippen LogP contribution in [0.1, 0.15) is 24.2 Å². The van der Waals surface area contributed by atoms with Gasteiger partial charge in [0.1, 0.15) is 5.82 Å². The molecule has 0 bridgehead atoms. The molecule has 1 amide bonds. The molecule has 3 atom stereocenters. The Morgan fingerprint density at radius 1 is 1.00 bits per heavy atom. The van der Waals surface area contributed by atoms with Gasteiger partial charge < -0.3 is 9.64 Å². The molecule has 5 rings (SSSR count). The second-order valence-electron chi connectivity index (χ2n) is 9.05. The number of aromatic nitrogens is 2. The summed E-state index contributed by atoms with van der Waals surface area (Å²) in [6.07, 6.45) is 6.28. The minimum Gasteiger partial charge on any atom is -0.378 e. The molecule has 1 aromatic heterocycles. The van der Waals surface area contributed by atoms with Crippen LogP contribution in [0.2, 0.25) is 10.0 Å². The van der Waals surface area contributed by atoms with E-state index in [4.69, 9.17) is 27.9 Å². The van der Waals surface area contributed by atoms with Crippen molar-refractivity contribution in [1.29, 1.82) is 0 Å². The number of hydrogen-bond acceptors (Lipinski definition) is 6. The molecule has 0 saturated carbocycles. The largest absolute Gasteiger partial charge is 0.378 e. The number of ether oxygens (including phenoxy) is 1. The highest BCUT2D eigenvalue weighted by Gasteiger charge is 2.47. The van der Waals surface area contributed by atoms with Crippen LogP contribution in [0.25, 0.3) is 0 Å². The van der Waals surface area contributed by atoms with Crippen molar-refractivity contribution in [2.75, 3.05) is 39.4 Å². The first-order valence-corrected chi connectivity index (χ1v) is 12.4. The average molecular weight is 490 g/mol. The first-order valence-electron chi connectivity index (χ1n) is 11.7. The highest BCUT2D eigenvalue weighted by molar-refractivity contribution is 6.42. The Labute approximate surface area is 204 Å². The van der Waals surface area contributed by atoms with Gasteiger partial charge in [-0.2, -0.15) is 0 Å². The molecule has 3 aliphatic heterocycles. The van der Waals surface area contributed by atoms with Gasteiger partial charge in [0.15, 0.2) is 0 Å². The lowest BCUT2D eigenvalue weighted by Gasteiger charge is -2.54. The van der Waals surface area contributed by atoms with E-state index in [1.165, 1.54) is 12.8 Å². The Morgan fingerprint density at radius 3 is 2.52 bits per heavy atom. The van der Waals surface area contributed by atoms with Gasteiger partial charge in [0.2, 0.25) is 5.91 Å². The second kappa shape index (κ2) is 10.2. The molecule has 3 saturated heterocycles. The lowest BCUT2D eigenvalue weighted by Crippen LogP contribution is -2.71. The molecule has 1 aromatic carbocycles. The summed E-state index contributed by atoms with van der Waals surface area (Å²) < 4.78 is 6.11.